The molecule has 1 aromatic heterocycles. The normalized spacial score (nSPS) is 12.0. The van der Waals surface area contributed by atoms with E-state index in [0.717, 1.165) is 42.5 Å². The van der Waals surface area contributed by atoms with Gasteiger partial charge in [-0.2, -0.15) is 0 Å². The number of fused-ring (bicyclic) bond motifs is 1. The van der Waals surface area contributed by atoms with Gasteiger partial charge < -0.3 is 4.57 Å². The van der Waals surface area contributed by atoms with E-state index in [0.29, 0.717) is 11.8 Å². The first-order valence-corrected chi connectivity index (χ1v) is 7.76. The lowest BCUT2D eigenvalue weighted by Crippen LogP contribution is -2.33. The summed E-state index contributed by atoms with van der Waals surface area (Å²) in [5.74, 6) is 1.27. The predicted molar refractivity (Wildman–Crippen MR) is 88.6 cm³/mol. The van der Waals surface area contributed by atoms with Crippen LogP contribution in [0.4, 0.5) is 0 Å². The van der Waals surface area contributed by atoms with Gasteiger partial charge in [0.25, 0.3) is 0 Å². The van der Waals surface area contributed by atoms with E-state index in [1.807, 2.05) is 24.4 Å². The SMILES string of the molecule is CC(C)CN(CC(C)C)Cn1cc(C=O)c2ccccc21. The van der Waals surface area contributed by atoms with Crippen molar-refractivity contribution in [2.75, 3.05) is 13.1 Å². The molecular formula is C18H26N2O. The molecule has 1 heterocycles. The van der Waals surface area contributed by atoms with Crippen LogP contribution in [0.5, 0.6) is 0 Å². The maximum atomic E-state index is 11.2. The number of benzene rings is 1. The smallest absolute Gasteiger partial charge is 0.152 e. The van der Waals surface area contributed by atoms with Gasteiger partial charge in [0.05, 0.1) is 6.67 Å². The number of nitrogens with zero attached hydrogens (tertiary/aromatic N) is 2. The number of hydrogen-bond donors (Lipinski definition) is 0. The molecule has 0 aliphatic rings. The molecular weight excluding hydrogens is 260 g/mol. The van der Waals surface area contributed by atoms with Crippen LogP contribution < -0.4 is 0 Å². The number of carbonyl (C=O) groups excluding carboxylic acids is 1. The molecule has 0 unspecified atom stereocenters. The second-order valence-electron chi connectivity index (χ2n) is 6.65. The van der Waals surface area contributed by atoms with Crippen LogP contribution in [0, 0.1) is 11.8 Å². The van der Waals surface area contributed by atoms with E-state index in [-0.39, 0.29) is 0 Å². The minimum absolute atomic E-state index is 0.635. The summed E-state index contributed by atoms with van der Waals surface area (Å²) in [6, 6.07) is 8.12. The lowest BCUT2D eigenvalue weighted by atomic mass is 10.1. The number of hydrogen-bond acceptors (Lipinski definition) is 2. The van der Waals surface area contributed by atoms with Crippen LogP contribution in [0.15, 0.2) is 30.5 Å². The monoisotopic (exact) mass is 286 g/mol. The van der Waals surface area contributed by atoms with Crippen LogP contribution in [-0.2, 0) is 6.67 Å². The third-order valence-corrected chi connectivity index (χ3v) is 3.55. The van der Waals surface area contributed by atoms with E-state index < -0.39 is 0 Å². The van der Waals surface area contributed by atoms with E-state index >= 15 is 0 Å². The highest BCUT2D eigenvalue weighted by Crippen LogP contribution is 2.20. The van der Waals surface area contributed by atoms with Gasteiger partial charge >= 0.3 is 0 Å². The van der Waals surface area contributed by atoms with E-state index in [2.05, 4.69) is 43.2 Å². The Morgan fingerprint density at radius 2 is 1.71 bits per heavy atom. The molecule has 0 fully saturated rings. The fraction of sp³-hybridized carbons (Fsp3) is 0.500. The topological polar surface area (TPSA) is 25.2 Å². The molecule has 0 spiro atoms. The second kappa shape index (κ2) is 6.90. The van der Waals surface area contributed by atoms with Crippen molar-refractivity contribution in [3.05, 3.63) is 36.0 Å². The first kappa shape index (κ1) is 15.8. The zero-order chi connectivity index (χ0) is 15.4. The minimum atomic E-state index is 0.635. The summed E-state index contributed by atoms with van der Waals surface area (Å²) < 4.78 is 2.20. The van der Waals surface area contributed by atoms with E-state index in [1.165, 1.54) is 0 Å². The number of carbonyl (C=O) groups is 1. The minimum Gasteiger partial charge on any atom is -0.333 e. The molecule has 0 saturated heterocycles. The Hall–Kier alpha value is -1.61. The van der Waals surface area contributed by atoms with Crippen LogP contribution >= 0.6 is 0 Å². The van der Waals surface area contributed by atoms with E-state index in [4.69, 9.17) is 0 Å². The van der Waals surface area contributed by atoms with Gasteiger partial charge in [-0.3, -0.25) is 9.69 Å². The van der Waals surface area contributed by atoms with Gasteiger partial charge in [0, 0.05) is 35.8 Å². The Morgan fingerprint density at radius 1 is 1.10 bits per heavy atom. The molecule has 0 bridgehead atoms. The Labute approximate surface area is 127 Å². The number of para-hydroxylation sites is 1. The molecule has 0 aliphatic heterocycles. The van der Waals surface area contributed by atoms with Gasteiger partial charge in [-0.15, -0.1) is 0 Å². The standard InChI is InChI=1S/C18H26N2O/c1-14(2)9-19(10-15(3)4)13-20-11-16(12-21)17-7-5-6-8-18(17)20/h5-8,11-12,14-15H,9-10,13H2,1-4H3. The summed E-state index contributed by atoms with van der Waals surface area (Å²) in [7, 11) is 0. The third kappa shape index (κ3) is 3.94. The van der Waals surface area contributed by atoms with Crippen molar-refractivity contribution in [1.82, 2.24) is 9.47 Å². The van der Waals surface area contributed by atoms with Gasteiger partial charge in [0.15, 0.2) is 6.29 Å². The van der Waals surface area contributed by atoms with Gasteiger partial charge in [-0.1, -0.05) is 45.9 Å². The first-order valence-electron chi connectivity index (χ1n) is 7.76. The fourth-order valence-corrected chi connectivity index (χ4v) is 2.92. The van der Waals surface area contributed by atoms with Crippen LogP contribution in [0.3, 0.4) is 0 Å². The van der Waals surface area contributed by atoms with Gasteiger partial charge in [0.2, 0.25) is 0 Å². The van der Waals surface area contributed by atoms with Gasteiger partial charge in [-0.05, 0) is 17.9 Å². The van der Waals surface area contributed by atoms with Crippen molar-refractivity contribution in [2.24, 2.45) is 11.8 Å². The van der Waals surface area contributed by atoms with Gasteiger partial charge in [-0.25, -0.2) is 0 Å². The van der Waals surface area contributed by atoms with Crippen LogP contribution in [0.1, 0.15) is 38.1 Å². The largest absolute Gasteiger partial charge is 0.333 e. The molecule has 0 atom stereocenters. The maximum Gasteiger partial charge on any atom is 0.152 e. The fourth-order valence-electron chi connectivity index (χ4n) is 2.92. The van der Waals surface area contributed by atoms with Crippen molar-refractivity contribution in [1.29, 1.82) is 0 Å². The Kier molecular flexibility index (Phi) is 5.18. The molecule has 2 aromatic rings. The highest BCUT2D eigenvalue weighted by molar-refractivity contribution is 5.97. The Morgan fingerprint density at radius 3 is 2.29 bits per heavy atom. The summed E-state index contributed by atoms with van der Waals surface area (Å²) in [4.78, 5) is 13.7. The summed E-state index contributed by atoms with van der Waals surface area (Å²) in [6.45, 7) is 12.0. The first-order chi connectivity index (χ1) is 10.0. The summed E-state index contributed by atoms with van der Waals surface area (Å²) in [5.41, 5.74) is 1.91. The average Bonchev–Trinajstić information content (AvgIpc) is 2.76. The number of rotatable bonds is 7. The maximum absolute atomic E-state index is 11.2. The molecule has 3 nitrogen and oxygen atoms in total. The van der Waals surface area contributed by atoms with Crippen LogP contribution in [0.2, 0.25) is 0 Å². The highest BCUT2D eigenvalue weighted by Gasteiger charge is 2.13. The molecule has 114 valence electrons. The Bertz CT molecular complexity index is 588. The molecule has 0 N–H and O–H groups in total. The molecule has 0 amide bonds. The molecule has 21 heavy (non-hydrogen) atoms. The van der Waals surface area contributed by atoms with E-state index in [1.54, 1.807) is 0 Å². The quantitative estimate of drug-likeness (QED) is 0.718. The van der Waals surface area contributed by atoms with Crippen molar-refractivity contribution in [3.8, 4) is 0 Å². The van der Waals surface area contributed by atoms with Crippen molar-refractivity contribution in [2.45, 2.75) is 34.4 Å². The molecule has 2 rings (SSSR count). The van der Waals surface area contributed by atoms with Crippen molar-refractivity contribution in [3.63, 3.8) is 0 Å². The lowest BCUT2D eigenvalue weighted by molar-refractivity contribution is 0.112. The average molecular weight is 286 g/mol. The van der Waals surface area contributed by atoms with Gasteiger partial charge in [0.1, 0.15) is 0 Å². The van der Waals surface area contributed by atoms with Crippen molar-refractivity contribution < 1.29 is 4.79 Å². The zero-order valence-corrected chi connectivity index (χ0v) is 13.5. The second-order valence-corrected chi connectivity index (χ2v) is 6.65. The molecule has 3 heteroatoms. The third-order valence-electron chi connectivity index (χ3n) is 3.55. The Balaban J connectivity index is 2.29. The van der Waals surface area contributed by atoms with Crippen LogP contribution in [0.25, 0.3) is 10.9 Å². The van der Waals surface area contributed by atoms with Crippen LogP contribution in [-0.4, -0.2) is 28.8 Å². The predicted octanol–water partition coefficient (Wildman–Crippen LogP) is 4.03. The van der Waals surface area contributed by atoms with E-state index in [9.17, 15) is 4.79 Å². The molecule has 0 aliphatic carbocycles. The molecule has 1 aromatic carbocycles. The number of aldehydes is 1. The molecule has 0 saturated carbocycles. The lowest BCUT2D eigenvalue weighted by Gasteiger charge is -2.26. The highest BCUT2D eigenvalue weighted by atomic mass is 16.1. The summed E-state index contributed by atoms with van der Waals surface area (Å²) >= 11 is 0. The van der Waals surface area contributed by atoms with Crippen molar-refractivity contribution >= 4 is 17.2 Å². The molecule has 0 radical (unpaired) electrons. The zero-order valence-electron chi connectivity index (χ0n) is 13.5. The summed E-state index contributed by atoms with van der Waals surface area (Å²) in [6.07, 6.45) is 2.93. The number of aromatic nitrogens is 1. The summed E-state index contributed by atoms with van der Waals surface area (Å²) in [5, 5.41) is 1.04.